The molecule has 3 rings (SSSR count). The summed E-state index contributed by atoms with van der Waals surface area (Å²) in [6, 6.07) is 10.5. The van der Waals surface area contributed by atoms with E-state index in [9.17, 15) is 19.7 Å². The second-order valence-electron chi connectivity index (χ2n) is 6.69. The molecule has 1 aliphatic rings. The third-order valence-corrected chi connectivity index (χ3v) is 4.57. The first-order valence-electron chi connectivity index (χ1n) is 8.67. The molecule has 1 heterocycles. The van der Waals surface area contributed by atoms with Crippen molar-refractivity contribution in [3.8, 4) is 0 Å². The summed E-state index contributed by atoms with van der Waals surface area (Å²) in [5, 5.41) is 19.1. The molecule has 144 valence electrons. The summed E-state index contributed by atoms with van der Waals surface area (Å²) < 4.78 is 0. The number of benzene rings is 2. The Balaban J connectivity index is 1.98. The first-order valence-corrected chi connectivity index (χ1v) is 8.67. The van der Waals surface area contributed by atoms with Gasteiger partial charge in [-0.15, -0.1) is 0 Å². The minimum atomic E-state index is -0.632. The summed E-state index contributed by atoms with van der Waals surface area (Å²) in [6.45, 7) is 5.50. The third-order valence-electron chi connectivity index (χ3n) is 4.57. The molecule has 0 unspecified atom stereocenters. The van der Waals surface area contributed by atoms with E-state index < -0.39 is 22.9 Å². The fourth-order valence-electron chi connectivity index (χ4n) is 3.19. The highest BCUT2D eigenvalue weighted by Gasteiger charge is 2.32. The number of aryl methyl sites for hydroxylation is 2. The number of non-ortho nitro benzene ring substituents is 1. The molecule has 28 heavy (non-hydrogen) atoms. The lowest BCUT2D eigenvalue weighted by Gasteiger charge is -2.29. The molecule has 1 aliphatic heterocycles. The van der Waals surface area contributed by atoms with Crippen LogP contribution in [0, 0.1) is 24.0 Å². The van der Waals surface area contributed by atoms with E-state index in [-0.39, 0.29) is 5.69 Å². The van der Waals surface area contributed by atoms with E-state index in [0.29, 0.717) is 17.0 Å². The van der Waals surface area contributed by atoms with Crippen molar-refractivity contribution in [2.24, 2.45) is 0 Å². The number of carbonyl (C=O) groups excluding carboxylic acids is 2. The van der Waals surface area contributed by atoms with Crippen LogP contribution in [0.25, 0.3) is 0 Å². The zero-order valence-corrected chi connectivity index (χ0v) is 15.7. The SMILES string of the molecule is CC1=C(C(=O)Nc2cccc([N+](=O)[O-])c2)[C@H](c2cc(C)ccc2C)NC(=O)N1. The molecule has 2 aromatic rings. The molecule has 3 amide bonds. The van der Waals surface area contributed by atoms with Crippen molar-refractivity contribution in [1.82, 2.24) is 10.6 Å². The van der Waals surface area contributed by atoms with Gasteiger partial charge in [-0.3, -0.25) is 14.9 Å². The lowest BCUT2D eigenvalue weighted by Crippen LogP contribution is -2.46. The Hall–Kier alpha value is -3.68. The maximum absolute atomic E-state index is 13.0. The van der Waals surface area contributed by atoms with Crippen molar-refractivity contribution >= 4 is 23.3 Å². The van der Waals surface area contributed by atoms with E-state index in [1.165, 1.54) is 18.2 Å². The summed E-state index contributed by atoms with van der Waals surface area (Å²) in [5.41, 5.74) is 3.72. The fraction of sp³-hybridized carbons (Fsp3) is 0.200. The Morgan fingerprint density at radius 2 is 1.89 bits per heavy atom. The van der Waals surface area contributed by atoms with Gasteiger partial charge in [0.15, 0.2) is 0 Å². The molecule has 2 aromatic carbocycles. The summed E-state index contributed by atoms with van der Waals surface area (Å²) in [7, 11) is 0. The van der Waals surface area contributed by atoms with Gasteiger partial charge in [0.2, 0.25) is 0 Å². The number of nitro groups is 1. The van der Waals surface area contributed by atoms with Gasteiger partial charge in [-0.2, -0.15) is 0 Å². The largest absolute Gasteiger partial charge is 0.327 e. The molecule has 0 radical (unpaired) electrons. The predicted octanol–water partition coefficient (Wildman–Crippen LogP) is 3.48. The number of hydrogen-bond acceptors (Lipinski definition) is 4. The van der Waals surface area contributed by atoms with Crippen LogP contribution in [0.3, 0.4) is 0 Å². The Labute approximate surface area is 161 Å². The molecule has 0 fully saturated rings. The molecule has 3 N–H and O–H groups in total. The molecule has 0 spiro atoms. The Kier molecular flexibility index (Phi) is 5.12. The highest BCUT2D eigenvalue weighted by atomic mass is 16.6. The summed E-state index contributed by atoms with van der Waals surface area (Å²) >= 11 is 0. The van der Waals surface area contributed by atoms with E-state index in [2.05, 4.69) is 16.0 Å². The smallest absolute Gasteiger partial charge is 0.319 e. The van der Waals surface area contributed by atoms with Crippen molar-refractivity contribution in [3.63, 3.8) is 0 Å². The average Bonchev–Trinajstić information content (AvgIpc) is 2.63. The van der Waals surface area contributed by atoms with Crippen LogP contribution in [0.2, 0.25) is 0 Å². The number of rotatable bonds is 4. The highest BCUT2D eigenvalue weighted by Crippen LogP contribution is 2.30. The van der Waals surface area contributed by atoms with Gasteiger partial charge in [0, 0.05) is 23.5 Å². The molecule has 0 aromatic heterocycles. The maximum atomic E-state index is 13.0. The third kappa shape index (κ3) is 3.85. The van der Waals surface area contributed by atoms with E-state index in [1.807, 2.05) is 32.0 Å². The number of nitrogens with zero attached hydrogens (tertiary/aromatic N) is 1. The number of anilines is 1. The van der Waals surface area contributed by atoms with Crippen LogP contribution >= 0.6 is 0 Å². The number of allylic oxidation sites excluding steroid dienone is 1. The number of hydrogen-bond donors (Lipinski definition) is 3. The molecule has 0 bridgehead atoms. The second kappa shape index (κ2) is 7.51. The number of nitro benzene ring substituents is 1. The van der Waals surface area contributed by atoms with Gasteiger partial charge < -0.3 is 16.0 Å². The van der Waals surface area contributed by atoms with Crippen LogP contribution in [0.4, 0.5) is 16.2 Å². The van der Waals surface area contributed by atoms with Crippen LogP contribution < -0.4 is 16.0 Å². The van der Waals surface area contributed by atoms with Crippen molar-refractivity contribution in [3.05, 3.63) is 80.5 Å². The van der Waals surface area contributed by atoms with Gasteiger partial charge in [-0.25, -0.2) is 4.79 Å². The fourth-order valence-corrected chi connectivity index (χ4v) is 3.19. The summed E-state index contributed by atoms with van der Waals surface area (Å²) in [6.07, 6.45) is 0. The number of amides is 3. The first-order chi connectivity index (χ1) is 13.3. The predicted molar refractivity (Wildman–Crippen MR) is 105 cm³/mol. The van der Waals surface area contributed by atoms with Gasteiger partial charge >= 0.3 is 6.03 Å². The minimum Gasteiger partial charge on any atom is -0.327 e. The quantitative estimate of drug-likeness (QED) is 0.556. The van der Waals surface area contributed by atoms with Gasteiger partial charge in [0.1, 0.15) is 0 Å². The van der Waals surface area contributed by atoms with Crippen LogP contribution in [0.1, 0.15) is 29.7 Å². The zero-order chi connectivity index (χ0) is 20.4. The van der Waals surface area contributed by atoms with E-state index >= 15 is 0 Å². The summed E-state index contributed by atoms with van der Waals surface area (Å²) in [5.74, 6) is -0.448. The lowest BCUT2D eigenvalue weighted by molar-refractivity contribution is -0.384. The lowest BCUT2D eigenvalue weighted by atomic mass is 9.90. The van der Waals surface area contributed by atoms with Crippen molar-refractivity contribution in [1.29, 1.82) is 0 Å². The van der Waals surface area contributed by atoms with Gasteiger partial charge in [-0.05, 0) is 38.0 Å². The standard InChI is InChI=1S/C20H20N4O4/c1-11-7-8-12(2)16(9-11)18-17(13(3)21-20(26)23-18)19(25)22-14-5-4-6-15(10-14)24(27)28/h4-10,18H,1-3H3,(H,22,25)(H2,21,23,26)/t18-/m0/s1. The Morgan fingerprint density at radius 3 is 2.61 bits per heavy atom. The van der Waals surface area contributed by atoms with Crippen LogP contribution in [-0.4, -0.2) is 16.9 Å². The Morgan fingerprint density at radius 1 is 1.14 bits per heavy atom. The van der Waals surface area contributed by atoms with E-state index in [4.69, 9.17) is 0 Å². The normalized spacial score (nSPS) is 16.2. The summed E-state index contributed by atoms with van der Waals surface area (Å²) in [4.78, 5) is 35.5. The number of carbonyl (C=O) groups is 2. The van der Waals surface area contributed by atoms with Crippen LogP contribution in [-0.2, 0) is 4.79 Å². The van der Waals surface area contributed by atoms with Crippen LogP contribution in [0.15, 0.2) is 53.7 Å². The number of nitrogens with one attached hydrogen (secondary N) is 3. The molecule has 8 nitrogen and oxygen atoms in total. The molecular weight excluding hydrogens is 360 g/mol. The van der Waals surface area contributed by atoms with E-state index in [0.717, 1.165) is 16.7 Å². The van der Waals surface area contributed by atoms with Gasteiger partial charge in [0.25, 0.3) is 11.6 Å². The Bertz CT molecular complexity index is 1010. The molecule has 0 saturated carbocycles. The maximum Gasteiger partial charge on any atom is 0.319 e. The molecule has 8 heteroatoms. The van der Waals surface area contributed by atoms with Gasteiger partial charge in [0.05, 0.1) is 16.5 Å². The average molecular weight is 380 g/mol. The molecular formula is C20H20N4O4. The van der Waals surface area contributed by atoms with Gasteiger partial charge in [-0.1, -0.05) is 29.8 Å². The van der Waals surface area contributed by atoms with Crippen molar-refractivity contribution in [2.75, 3.05) is 5.32 Å². The first kappa shape index (κ1) is 19.1. The second-order valence-corrected chi connectivity index (χ2v) is 6.69. The highest BCUT2D eigenvalue weighted by molar-refractivity contribution is 6.07. The monoisotopic (exact) mass is 380 g/mol. The minimum absolute atomic E-state index is 0.121. The molecule has 0 aliphatic carbocycles. The van der Waals surface area contributed by atoms with Crippen molar-refractivity contribution in [2.45, 2.75) is 26.8 Å². The van der Waals surface area contributed by atoms with Crippen molar-refractivity contribution < 1.29 is 14.5 Å². The number of urea groups is 1. The van der Waals surface area contributed by atoms with Crippen LogP contribution in [0.5, 0.6) is 0 Å². The molecule has 1 atom stereocenters. The zero-order valence-electron chi connectivity index (χ0n) is 15.7. The molecule has 0 saturated heterocycles. The van der Waals surface area contributed by atoms with E-state index in [1.54, 1.807) is 13.0 Å². The topological polar surface area (TPSA) is 113 Å².